The zero-order chi connectivity index (χ0) is 23.7. The van der Waals surface area contributed by atoms with E-state index in [-0.39, 0.29) is 31.1 Å². The zero-order valence-electron chi connectivity index (χ0n) is 19.3. The van der Waals surface area contributed by atoms with Crippen LogP contribution in [0, 0.1) is 12.8 Å². The number of hydrogen-bond donors (Lipinski definition) is 0. The van der Waals surface area contributed by atoms with E-state index >= 15 is 0 Å². The van der Waals surface area contributed by atoms with Crippen molar-refractivity contribution in [3.05, 3.63) is 47.5 Å². The van der Waals surface area contributed by atoms with Gasteiger partial charge in [-0.3, -0.25) is 19.5 Å². The highest BCUT2D eigenvalue weighted by atomic mass is 32.1. The molecule has 1 fully saturated rings. The van der Waals surface area contributed by atoms with Gasteiger partial charge in [-0.15, -0.1) is 11.3 Å². The third-order valence-electron chi connectivity index (χ3n) is 6.40. The Hall–Kier alpha value is -3.26. The van der Waals surface area contributed by atoms with E-state index < -0.39 is 0 Å². The summed E-state index contributed by atoms with van der Waals surface area (Å²) in [6.07, 6.45) is 5.58. The summed E-state index contributed by atoms with van der Waals surface area (Å²) in [5.74, 6) is 0.602. The molecule has 0 bridgehead atoms. The van der Waals surface area contributed by atoms with Crippen molar-refractivity contribution >= 4 is 28.9 Å². The second-order valence-corrected chi connectivity index (χ2v) is 10.2. The maximum absolute atomic E-state index is 12.7. The maximum atomic E-state index is 12.7. The molecule has 1 aromatic carbocycles. The van der Waals surface area contributed by atoms with E-state index in [0.717, 1.165) is 52.5 Å². The third kappa shape index (κ3) is 4.68. The number of carbonyl (C=O) groups excluding carboxylic acids is 2. The second kappa shape index (κ2) is 9.54. The summed E-state index contributed by atoms with van der Waals surface area (Å²) >= 11 is 1.57. The minimum atomic E-state index is -0.381. The van der Waals surface area contributed by atoms with E-state index in [1.165, 1.54) is 4.90 Å². The van der Waals surface area contributed by atoms with Crippen LogP contribution in [0.5, 0.6) is 5.75 Å². The number of nitrogens with zero attached hydrogens (tertiary/aromatic N) is 3. The lowest BCUT2D eigenvalue weighted by Gasteiger charge is -2.30. The van der Waals surface area contributed by atoms with Crippen molar-refractivity contribution in [2.24, 2.45) is 5.92 Å². The second-order valence-electron chi connectivity index (χ2n) is 8.96. The molecular weight excluding hydrogens is 450 g/mol. The highest BCUT2D eigenvalue weighted by Gasteiger charge is 2.30. The van der Waals surface area contributed by atoms with E-state index in [0.29, 0.717) is 17.4 Å². The van der Waals surface area contributed by atoms with Gasteiger partial charge in [-0.05, 0) is 68.9 Å². The first-order valence-corrected chi connectivity index (χ1v) is 12.5. The maximum Gasteiger partial charge on any atom is 0.326 e. The van der Waals surface area contributed by atoms with Crippen molar-refractivity contribution in [1.82, 2.24) is 9.97 Å². The van der Waals surface area contributed by atoms with E-state index in [9.17, 15) is 9.59 Å². The molecule has 0 spiro atoms. The first-order valence-electron chi connectivity index (χ1n) is 11.6. The molecule has 3 heterocycles. The van der Waals surface area contributed by atoms with Crippen LogP contribution in [-0.4, -0.2) is 41.1 Å². The van der Waals surface area contributed by atoms with Gasteiger partial charge < -0.3 is 9.47 Å². The van der Waals surface area contributed by atoms with Gasteiger partial charge in [-0.2, -0.15) is 0 Å². The summed E-state index contributed by atoms with van der Waals surface area (Å²) in [5, 5.41) is 0.834. The Morgan fingerprint density at radius 3 is 2.79 bits per heavy atom. The molecule has 0 radical (unpaired) electrons. The summed E-state index contributed by atoms with van der Waals surface area (Å²) in [6.45, 7) is 4.02. The van der Waals surface area contributed by atoms with Gasteiger partial charge in [0.15, 0.2) is 6.61 Å². The molecular formula is C26H27N3O4S. The van der Waals surface area contributed by atoms with Crippen LogP contribution in [-0.2, 0) is 14.3 Å². The van der Waals surface area contributed by atoms with Crippen LogP contribution in [0.2, 0.25) is 0 Å². The molecule has 7 nitrogen and oxygen atoms in total. The highest BCUT2D eigenvalue weighted by molar-refractivity contribution is 7.15. The lowest BCUT2D eigenvalue weighted by atomic mass is 9.89. The number of carbonyl (C=O) groups is 2. The quantitative estimate of drug-likeness (QED) is 0.480. The molecule has 1 aliphatic heterocycles. The number of aryl methyl sites for hydroxylation is 1. The van der Waals surface area contributed by atoms with E-state index in [4.69, 9.17) is 14.5 Å². The van der Waals surface area contributed by atoms with Gasteiger partial charge in [-0.25, -0.2) is 4.98 Å². The minimum Gasteiger partial charge on any atom is -0.482 e. The average molecular weight is 478 g/mol. The molecule has 0 unspecified atom stereocenters. The Morgan fingerprint density at radius 1 is 1.21 bits per heavy atom. The van der Waals surface area contributed by atoms with Gasteiger partial charge in [0.2, 0.25) is 0 Å². The molecule has 8 heteroatoms. The first kappa shape index (κ1) is 22.5. The number of ether oxygens (including phenoxy) is 2. The van der Waals surface area contributed by atoms with Gasteiger partial charge in [0.25, 0.3) is 5.91 Å². The first-order chi connectivity index (χ1) is 16.5. The fourth-order valence-corrected chi connectivity index (χ4v) is 5.40. The molecule has 1 aliphatic carbocycles. The van der Waals surface area contributed by atoms with Crippen LogP contribution in [0.15, 0.2) is 42.6 Å². The third-order valence-corrected chi connectivity index (χ3v) is 7.40. The smallest absolute Gasteiger partial charge is 0.326 e. The standard InChI is InChI=1S/C26H27N3O4S/c1-16-6-9-19(10-7-16)33-24(31)14-29-21-13-18(8-11-22(21)32-15-23(29)30)25-17(2)34-26(28-25)20-5-3-4-12-27-20/h3-5,8,11-13,16,19H,6-7,9-10,14-15H2,1-2H3. The molecule has 3 aromatic rings. The van der Waals surface area contributed by atoms with Crippen LogP contribution in [0.1, 0.15) is 37.5 Å². The van der Waals surface area contributed by atoms with E-state index in [1.807, 2.05) is 43.3 Å². The molecule has 5 rings (SSSR count). The van der Waals surface area contributed by atoms with E-state index in [2.05, 4.69) is 11.9 Å². The number of thiazole rings is 1. The van der Waals surface area contributed by atoms with Crippen LogP contribution in [0.4, 0.5) is 5.69 Å². The number of amides is 1. The monoisotopic (exact) mass is 477 g/mol. The fraction of sp³-hybridized carbons (Fsp3) is 0.385. The predicted molar refractivity (Wildman–Crippen MR) is 131 cm³/mol. The molecule has 0 N–H and O–H groups in total. The Bertz CT molecular complexity index is 1200. The van der Waals surface area contributed by atoms with Crippen LogP contribution in [0.3, 0.4) is 0 Å². The number of rotatable bonds is 5. The molecule has 0 saturated heterocycles. The summed E-state index contributed by atoms with van der Waals surface area (Å²) < 4.78 is 11.3. The van der Waals surface area contributed by atoms with Crippen molar-refractivity contribution < 1.29 is 19.1 Å². The summed E-state index contributed by atoms with van der Waals surface area (Å²) in [4.78, 5) is 37.1. The lowest BCUT2D eigenvalue weighted by molar-refractivity contribution is -0.150. The van der Waals surface area contributed by atoms with Crippen LogP contribution >= 0.6 is 11.3 Å². The van der Waals surface area contributed by atoms with Crippen molar-refractivity contribution in [2.75, 3.05) is 18.1 Å². The number of pyridine rings is 1. The molecule has 1 amide bonds. The van der Waals surface area contributed by atoms with Crippen LogP contribution in [0.25, 0.3) is 22.0 Å². The summed E-state index contributed by atoms with van der Waals surface area (Å²) in [7, 11) is 0. The van der Waals surface area contributed by atoms with Gasteiger partial charge in [0.1, 0.15) is 23.4 Å². The van der Waals surface area contributed by atoms with Crippen molar-refractivity contribution in [3.63, 3.8) is 0 Å². The molecule has 176 valence electrons. The van der Waals surface area contributed by atoms with Gasteiger partial charge in [0, 0.05) is 16.6 Å². The molecule has 0 atom stereocenters. The van der Waals surface area contributed by atoms with Gasteiger partial charge in [0.05, 0.1) is 17.1 Å². The van der Waals surface area contributed by atoms with Gasteiger partial charge >= 0.3 is 5.97 Å². The Morgan fingerprint density at radius 2 is 2.03 bits per heavy atom. The highest BCUT2D eigenvalue weighted by Crippen LogP contribution is 2.39. The summed E-state index contributed by atoms with van der Waals surface area (Å²) in [6, 6.07) is 11.4. The Balaban J connectivity index is 1.38. The molecule has 34 heavy (non-hydrogen) atoms. The topological polar surface area (TPSA) is 81.6 Å². The fourth-order valence-electron chi connectivity index (χ4n) is 4.49. The Kier molecular flexibility index (Phi) is 6.32. The number of benzene rings is 1. The Labute approximate surface area is 202 Å². The SMILES string of the molecule is Cc1sc(-c2ccccn2)nc1-c1ccc2c(c1)N(CC(=O)OC1CCC(C)CC1)C(=O)CO2. The minimum absolute atomic E-state index is 0.0617. The molecule has 1 saturated carbocycles. The molecule has 2 aromatic heterocycles. The predicted octanol–water partition coefficient (Wildman–Crippen LogP) is 5.03. The number of hydrogen-bond acceptors (Lipinski definition) is 7. The number of aromatic nitrogens is 2. The largest absolute Gasteiger partial charge is 0.482 e. The molecule has 2 aliphatic rings. The average Bonchev–Trinajstić information content (AvgIpc) is 3.24. The normalized spacial score (nSPS) is 19.9. The lowest BCUT2D eigenvalue weighted by Crippen LogP contribution is -2.43. The van der Waals surface area contributed by atoms with Gasteiger partial charge in [-0.1, -0.05) is 13.0 Å². The zero-order valence-corrected chi connectivity index (χ0v) is 20.1. The van der Waals surface area contributed by atoms with Crippen molar-refractivity contribution in [2.45, 2.75) is 45.6 Å². The van der Waals surface area contributed by atoms with Crippen molar-refractivity contribution in [1.29, 1.82) is 0 Å². The summed E-state index contributed by atoms with van der Waals surface area (Å²) in [5.41, 5.74) is 3.06. The van der Waals surface area contributed by atoms with Crippen molar-refractivity contribution in [3.8, 4) is 27.7 Å². The number of anilines is 1. The van der Waals surface area contributed by atoms with E-state index in [1.54, 1.807) is 17.5 Å². The van der Waals surface area contributed by atoms with Crippen LogP contribution < -0.4 is 9.64 Å². The number of fused-ring (bicyclic) bond motifs is 1. The number of esters is 1.